The van der Waals surface area contributed by atoms with Gasteiger partial charge in [-0.05, 0) is 0 Å². The number of nitrogens with zero attached hydrogens (tertiary/aromatic N) is 1. The van der Waals surface area contributed by atoms with E-state index in [1.165, 1.54) is 28.4 Å². The first-order valence-electron chi connectivity index (χ1n) is 4.69. The molecule has 9 heteroatoms. The van der Waals surface area contributed by atoms with E-state index in [-0.39, 0.29) is 6.42 Å². The average Bonchev–Trinajstić information content (AvgIpc) is 2.38. The van der Waals surface area contributed by atoms with E-state index in [1.807, 2.05) is 6.07 Å². The smallest absolute Gasteiger partial charge is 0.316 e. The average molecular weight is 285 g/mol. The van der Waals surface area contributed by atoms with Crippen LogP contribution in [0.2, 0.25) is 0 Å². The van der Waals surface area contributed by atoms with E-state index in [1.54, 1.807) is 0 Å². The lowest BCUT2D eigenvalue weighted by Gasteiger charge is -2.22. The van der Waals surface area contributed by atoms with Crippen LogP contribution in [0.15, 0.2) is 0 Å². The first-order valence-corrected chi connectivity index (χ1v) is 6.88. The molecule has 0 bridgehead atoms. The summed E-state index contributed by atoms with van der Waals surface area (Å²) in [6.45, 7) is 0. The van der Waals surface area contributed by atoms with Gasteiger partial charge in [0.25, 0.3) is 0 Å². The zero-order chi connectivity index (χ0) is 13.1. The number of hydrogen-bond acceptors (Lipinski definition) is 7. The predicted octanol–water partition coefficient (Wildman–Crippen LogP) is 2.69. The third-order valence-electron chi connectivity index (χ3n) is 1.50. The summed E-state index contributed by atoms with van der Waals surface area (Å²) >= 11 is 0. The third kappa shape index (κ3) is 7.93. The standard InChI is InChI=1S/C8H17NO6P2/c1-10-16(11-2)14-8(6-5-7-9)15-17(12-3)13-4/h8H,5-6H2,1-4H3. The van der Waals surface area contributed by atoms with Gasteiger partial charge < -0.3 is 18.1 Å². The molecule has 0 aromatic carbocycles. The Morgan fingerprint density at radius 1 is 0.941 bits per heavy atom. The summed E-state index contributed by atoms with van der Waals surface area (Å²) in [4.78, 5) is 0. The summed E-state index contributed by atoms with van der Waals surface area (Å²) in [5.74, 6) is 0. The molecule has 0 N–H and O–H groups in total. The van der Waals surface area contributed by atoms with E-state index in [4.69, 9.17) is 32.4 Å². The second kappa shape index (κ2) is 11.2. The normalized spacial score (nSPS) is 11.4. The van der Waals surface area contributed by atoms with Crippen LogP contribution >= 0.6 is 17.2 Å². The van der Waals surface area contributed by atoms with Crippen molar-refractivity contribution < 1.29 is 27.1 Å². The molecule has 0 saturated carbocycles. The second-order valence-electron chi connectivity index (χ2n) is 2.51. The molecule has 0 aromatic rings. The minimum Gasteiger partial charge on any atom is -0.316 e. The SMILES string of the molecule is COP(OC)OC(CCC#N)OP(OC)OC. The van der Waals surface area contributed by atoms with E-state index < -0.39 is 23.5 Å². The Kier molecular flexibility index (Phi) is 11.3. The number of rotatable bonds is 10. The molecule has 0 aliphatic carbocycles. The highest BCUT2D eigenvalue weighted by atomic mass is 31.2. The highest BCUT2D eigenvalue weighted by Gasteiger charge is 2.23. The topological polar surface area (TPSA) is 79.2 Å². The van der Waals surface area contributed by atoms with Crippen LogP contribution in [0.3, 0.4) is 0 Å². The predicted molar refractivity (Wildman–Crippen MR) is 62.7 cm³/mol. The number of hydrogen-bond donors (Lipinski definition) is 0. The lowest BCUT2D eigenvalue weighted by atomic mass is 10.3. The van der Waals surface area contributed by atoms with Crippen LogP contribution in [0.25, 0.3) is 0 Å². The molecule has 100 valence electrons. The molecule has 0 rings (SSSR count). The molecule has 0 aromatic heterocycles. The van der Waals surface area contributed by atoms with E-state index in [2.05, 4.69) is 0 Å². The summed E-state index contributed by atoms with van der Waals surface area (Å²) in [7, 11) is 2.88. The van der Waals surface area contributed by atoms with Crippen molar-refractivity contribution in [1.82, 2.24) is 0 Å². The summed E-state index contributed by atoms with van der Waals surface area (Å²) in [6, 6.07) is 2.01. The van der Waals surface area contributed by atoms with Crippen LogP contribution < -0.4 is 0 Å². The van der Waals surface area contributed by atoms with Crippen LogP contribution in [-0.2, 0) is 27.1 Å². The Morgan fingerprint density at radius 3 is 1.65 bits per heavy atom. The molecule has 0 saturated heterocycles. The molecule has 0 aliphatic rings. The molecule has 0 amide bonds. The number of nitriles is 1. The molecule has 0 fully saturated rings. The van der Waals surface area contributed by atoms with Gasteiger partial charge in [-0.1, -0.05) is 0 Å². The Hall–Kier alpha value is 0.110. The van der Waals surface area contributed by atoms with Crippen molar-refractivity contribution in [1.29, 1.82) is 5.26 Å². The van der Waals surface area contributed by atoms with Crippen LogP contribution in [0, 0.1) is 11.3 Å². The van der Waals surface area contributed by atoms with Crippen molar-refractivity contribution in [3.63, 3.8) is 0 Å². The van der Waals surface area contributed by atoms with Crippen molar-refractivity contribution in [2.24, 2.45) is 0 Å². The van der Waals surface area contributed by atoms with Gasteiger partial charge in [-0.2, -0.15) is 5.26 Å². The van der Waals surface area contributed by atoms with Gasteiger partial charge in [-0.15, -0.1) is 0 Å². The van der Waals surface area contributed by atoms with Crippen molar-refractivity contribution in [2.75, 3.05) is 28.4 Å². The maximum absolute atomic E-state index is 8.54. The van der Waals surface area contributed by atoms with Crippen molar-refractivity contribution in [3.05, 3.63) is 0 Å². The maximum Gasteiger partial charge on any atom is 0.334 e. The zero-order valence-corrected chi connectivity index (χ0v) is 12.1. The van der Waals surface area contributed by atoms with Crippen LogP contribution in [-0.4, -0.2) is 34.7 Å². The van der Waals surface area contributed by atoms with Crippen LogP contribution in [0.4, 0.5) is 0 Å². The van der Waals surface area contributed by atoms with Crippen molar-refractivity contribution >= 4 is 17.2 Å². The van der Waals surface area contributed by atoms with Gasteiger partial charge in [0.1, 0.15) is 0 Å². The Bertz CT molecular complexity index is 205. The molecule has 0 spiro atoms. The fourth-order valence-corrected chi connectivity index (χ4v) is 2.21. The van der Waals surface area contributed by atoms with Gasteiger partial charge in [-0.25, -0.2) is 0 Å². The quantitative estimate of drug-likeness (QED) is 0.451. The largest absolute Gasteiger partial charge is 0.334 e. The molecule has 0 atom stereocenters. The van der Waals surface area contributed by atoms with Crippen molar-refractivity contribution in [2.45, 2.75) is 19.1 Å². The monoisotopic (exact) mass is 285 g/mol. The van der Waals surface area contributed by atoms with Gasteiger partial charge in [0.05, 0.1) is 6.07 Å². The molecule has 0 radical (unpaired) electrons. The van der Waals surface area contributed by atoms with Crippen molar-refractivity contribution in [3.8, 4) is 6.07 Å². The molecular weight excluding hydrogens is 268 g/mol. The zero-order valence-electron chi connectivity index (χ0n) is 10.3. The van der Waals surface area contributed by atoms with Gasteiger partial charge in [0.2, 0.25) is 0 Å². The van der Waals surface area contributed by atoms with Crippen LogP contribution in [0.1, 0.15) is 12.8 Å². The van der Waals surface area contributed by atoms with E-state index in [0.29, 0.717) is 6.42 Å². The minimum atomic E-state index is -1.49. The molecule has 0 aliphatic heterocycles. The van der Waals surface area contributed by atoms with E-state index in [0.717, 1.165) is 0 Å². The van der Waals surface area contributed by atoms with Gasteiger partial charge in [0.15, 0.2) is 6.29 Å². The second-order valence-corrected chi connectivity index (χ2v) is 5.29. The molecular formula is C8H17NO6P2. The molecule has 0 unspecified atom stereocenters. The van der Waals surface area contributed by atoms with E-state index in [9.17, 15) is 0 Å². The lowest BCUT2D eigenvalue weighted by molar-refractivity contribution is -0.0247. The Labute approximate surface area is 104 Å². The molecule has 0 heterocycles. The van der Waals surface area contributed by atoms with Gasteiger partial charge >= 0.3 is 17.2 Å². The minimum absolute atomic E-state index is 0.290. The fourth-order valence-electron chi connectivity index (χ4n) is 0.820. The third-order valence-corrected chi connectivity index (χ3v) is 3.50. The summed E-state index contributed by atoms with van der Waals surface area (Å²) in [5, 5.41) is 8.54. The van der Waals surface area contributed by atoms with Crippen LogP contribution in [0.5, 0.6) is 0 Å². The van der Waals surface area contributed by atoms with E-state index >= 15 is 0 Å². The maximum atomic E-state index is 8.54. The first-order chi connectivity index (χ1) is 8.21. The Balaban J connectivity index is 4.25. The summed E-state index contributed by atoms with van der Waals surface area (Å²) in [6.07, 6.45) is 0.0116. The summed E-state index contributed by atoms with van der Waals surface area (Å²) in [5.41, 5.74) is 0. The first kappa shape index (κ1) is 17.1. The summed E-state index contributed by atoms with van der Waals surface area (Å²) < 4.78 is 30.5. The van der Waals surface area contributed by atoms with Gasteiger partial charge in [-0.3, -0.25) is 9.05 Å². The van der Waals surface area contributed by atoms with Gasteiger partial charge in [0, 0.05) is 41.3 Å². The fraction of sp³-hybridized carbons (Fsp3) is 0.875. The lowest BCUT2D eigenvalue weighted by Crippen LogP contribution is -2.14. The Morgan fingerprint density at radius 2 is 1.35 bits per heavy atom. The highest BCUT2D eigenvalue weighted by Crippen LogP contribution is 2.45. The highest BCUT2D eigenvalue weighted by molar-refractivity contribution is 7.42. The molecule has 7 nitrogen and oxygen atoms in total. The molecule has 17 heavy (non-hydrogen) atoms.